The van der Waals surface area contributed by atoms with E-state index in [-0.39, 0.29) is 17.8 Å². The quantitative estimate of drug-likeness (QED) is 0.832. The first-order valence-corrected chi connectivity index (χ1v) is 8.24. The van der Waals surface area contributed by atoms with E-state index in [1.807, 2.05) is 6.92 Å². The number of benzene rings is 2. The molecule has 0 fully saturated rings. The first kappa shape index (κ1) is 17.3. The van der Waals surface area contributed by atoms with Crippen molar-refractivity contribution in [3.05, 3.63) is 64.4 Å². The highest BCUT2D eigenvalue weighted by molar-refractivity contribution is 6.32. The second kappa shape index (κ2) is 7.57. The number of fused-ring (bicyclic) bond motifs is 1. The lowest BCUT2D eigenvalue weighted by molar-refractivity contribution is -0.117. The molecule has 4 nitrogen and oxygen atoms in total. The Labute approximate surface area is 150 Å². The summed E-state index contributed by atoms with van der Waals surface area (Å²) in [6.07, 6.45) is 3.07. The molecule has 1 atom stereocenters. The van der Waals surface area contributed by atoms with E-state index in [1.165, 1.54) is 18.2 Å². The highest BCUT2D eigenvalue weighted by Gasteiger charge is 2.16. The molecule has 1 unspecified atom stereocenters. The number of carbonyl (C=O) groups excluding carboxylic acids is 1. The summed E-state index contributed by atoms with van der Waals surface area (Å²) in [5, 5.41) is 3.27. The van der Waals surface area contributed by atoms with Crippen LogP contribution in [-0.4, -0.2) is 19.1 Å². The number of rotatable bonds is 4. The minimum absolute atomic E-state index is 0.235. The molecule has 0 saturated heterocycles. The maximum Gasteiger partial charge on any atom is 0.244 e. The zero-order valence-corrected chi connectivity index (χ0v) is 14.3. The highest BCUT2D eigenvalue weighted by atomic mass is 35.5. The van der Waals surface area contributed by atoms with Crippen molar-refractivity contribution in [2.75, 3.05) is 13.2 Å². The number of carbonyl (C=O) groups is 1. The van der Waals surface area contributed by atoms with Crippen molar-refractivity contribution >= 4 is 23.6 Å². The maximum absolute atomic E-state index is 12.9. The Morgan fingerprint density at radius 2 is 1.96 bits per heavy atom. The van der Waals surface area contributed by atoms with E-state index in [1.54, 1.807) is 30.3 Å². The molecule has 1 N–H and O–H groups in total. The Balaban J connectivity index is 1.66. The zero-order valence-electron chi connectivity index (χ0n) is 13.6. The Hall–Kier alpha value is -2.53. The lowest BCUT2D eigenvalue weighted by Gasteiger charge is -2.19. The largest absolute Gasteiger partial charge is 0.486 e. The Bertz CT molecular complexity index is 805. The Morgan fingerprint density at radius 3 is 2.72 bits per heavy atom. The van der Waals surface area contributed by atoms with E-state index in [4.69, 9.17) is 21.1 Å². The molecule has 0 aromatic heterocycles. The molecule has 0 saturated carbocycles. The molecule has 2 aromatic rings. The van der Waals surface area contributed by atoms with Gasteiger partial charge in [-0.15, -0.1) is 0 Å². The fourth-order valence-corrected chi connectivity index (χ4v) is 2.77. The van der Waals surface area contributed by atoms with Crippen molar-refractivity contribution in [2.45, 2.75) is 13.0 Å². The summed E-state index contributed by atoms with van der Waals surface area (Å²) >= 11 is 6.17. The molecule has 2 aromatic carbocycles. The van der Waals surface area contributed by atoms with Gasteiger partial charge in [0.2, 0.25) is 5.91 Å². The van der Waals surface area contributed by atoms with Crippen LogP contribution >= 0.6 is 11.6 Å². The number of nitrogens with one attached hydrogen (secondary N) is 1. The molecule has 3 rings (SSSR count). The molecule has 25 heavy (non-hydrogen) atoms. The monoisotopic (exact) mass is 361 g/mol. The Kier molecular flexibility index (Phi) is 5.24. The van der Waals surface area contributed by atoms with Crippen LogP contribution in [0.25, 0.3) is 6.08 Å². The molecule has 0 aliphatic carbocycles. The van der Waals surface area contributed by atoms with Gasteiger partial charge in [0.15, 0.2) is 11.5 Å². The molecule has 0 bridgehead atoms. The van der Waals surface area contributed by atoms with E-state index in [0.29, 0.717) is 29.7 Å². The van der Waals surface area contributed by atoms with E-state index < -0.39 is 0 Å². The molecular formula is C19H17ClFNO3. The smallest absolute Gasteiger partial charge is 0.244 e. The first-order valence-electron chi connectivity index (χ1n) is 7.86. The van der Waals surface area contributed by atoms with Gasteiger partial charge in [0.05, 0.1) is 11.1 Å². The topological polar surface area (TPSA) is 47.6 Å². The fraction of sp³-hybridized carbons (Fsp3) is 0.211. The third-order valence-corrected chi connectivity index (χ3v) is 4.06. The Morgan fingerprint density at radius 1 is 1.24 bits per heavy atom. The van der Waals surface area contributed by atoms with Crippen molar-refractivity contribution < 1.29 is 18.7 Å². The van der Waals surface area contributed by atoms with Crippen molar-refractivity contribution in [2.24, 2.45) is 0 Å². The molecule has 6 heteroatoms. The number of hydrogen-bond donors (Lipinski definition) is 1. The fourth-order valence-electron chi connectivity index (χ4n) is 2.50. The first-order chi connectivity index (χ1) is 12.0. The van der Waals surface area contributed by atoms with E-state index in [2.05, 4.69) is 5.32 Å². The van der Waals surface area contributed by atoms with Gasteiger partial charge in [-0.05, 0) is 48.4 Å². The standard InChI is InChI=1S/C19H17ClFNO3/c1-12(14-3-5-15(21)6-4-14)22-18(23)7-2-13-10-16(20)19-17(11-13)24-8-9-25-19/h2-7,10-12H,8-9H2,1H3,(H,22,23). The lowest BCUT2D eigenvalue weighted by atomic mass is 10.1. The summed E-state index contributed by atoms with van der Waals surface area (Å²) in [5.41, 5.74) is 1.56. The van der Waals surface area contributed by atoms with Crippen molar-refractivity contribution in [3.8, 4) is 11.5 Å². The zero-order chi connectivity index (χ0) is 17.8. The summed E-state index contributed by atoms with van der Waals surface area (Å²) in [4.78, 5) is 12.1. The highest BCUT2D eigenvalue weighted by Crippen LogP contribution is 2.38. The van der Waals surface area contributed by atoms with Crippen LogP contribution in [-0.2, 0) is 4.79 Å². The van der Waals surface area contributed by atoms with Crippen LogP contribution in [0.5, 0.6) is 11.5 Å². The summed E-state index contributed by atoms with van der Waals surface area (Å²) in [6, 6.07) is 9.27. The molecule has 1 heterocycles. The molecule has 1 amide bonds. The molecule has 0 radical (unpaired) electrons. The lowest BCUT2D eigenvalue weighted by Crippen LogP contribution is -2.24. The summed E-state index contributed by atoms with van der Waals surface area (Å²) in [7, 11) is 0. The van der Waals surface area contributed by atoms with Crippen molar-refractivity contribution in [3.63, 3.8) is 0 Å². The van der Waals surface area contributed by atoms with Gasteiger partial charge in [0.25, 0.3) is 0 Å². The second-order valence-corrected chi connectivity index (χ2v) is 6.05. The number of amides is 1. The normalized spacial score (nSPS) is 14.4. The van der Waals surface area contributed by atoms with Crippen molar-refractivity contribution in [1.29, 1.82) is 0 Å². The SMILES string of the molecule is CC(NC(=O)C=Cc1cc(Cl)c2c(c1)OCCO2)c1ccc(F)cc1. The maximum atomic E-state index is 12.9. The summed E-state index contributed by atoms with van der Waals surface area (Å²) < 4.78 is 23.9. The van der Waals surface area contributed by atoms with Gasteiger partial charge in [-0.2, -0.15) is 0 Å². The van der Waals surface area contributed by atoms with Crippen LogP contribution in [0.1, 0.15) is 24.1 Å². The van der Waals surface area contributed by atoms with E-state index in [9.17, 15) is 9.18 Å². The van der Waals surface area contributed by atoms with Gasteiger partial charge < -0.3 is 14.8 Å². The van der Waals surface area contributed by atoms with Crippen molar-refractivity contribution in [1.82, 2.24) is 5.32 Å². The second-order valence-electron chi connectivity index (χ2n) is 5.64. The molecule has 0 spiro atoms. The minimum atomic E-state index is -0.308. The number of ether oxygens (including phenoxy) is 2. The molecule has 1 aliphatic rings. The third kappa shape index (κ3) is 4.31. The number of halogens is 2. The van der Waals surface area contributed by atoms with Crippen LogP contribution < -0.4 is 14.8 Å². The summed E-state index contributed by atoms with van der Waals surface area (Å²) in [6.45, 7) is 2.76. The average Bonchev–Trinajstić information content (AvgIpc) is 2.60. The minimum Gasteiger partial charge on any atom is -0.486 e. The van der Waals surface area contributed by atoms with Gasteiger partial charge in [-0.1, -0.05) is 23.7 Å². The van der Waals surface area contributed by atoms with E-state index >= 15 is 0 Å². The van der Waals surface area contributed by atoms with Gasteiger partial charge in [-0.25, -0.2) is 4.39 Å². The molecule has 1 aliphatic heterocycles. The number of hydrogen-bond acceptors (Lipinski definition) is 3. The average molecular weight is 362 g/mol. The van der Waals surface area contributed by atoms with Crippen LogP contribution in [0, 0.1) is 5.82 Å². The predicted octanol–water partition coefficient (Wildman–Crippen LogP) is 4.14. The van der Waals surface area contributed by atoms with Crippen LogP contribution in [0.2, 0.25) is 5.02 Å². The van der Waals surface area contributed by atoms with Gasteiger partial charge in [0.1, 0.15) is 19.0 Å². The van der Waals surface area contributed by atoms with Gasteiger partial charge in [0, 0.05) is 6.08 Å². The van der Waals surface area contributed by atoms with Crippen LogP contribution in [0.4, 0.5) is 4.39 Å². The molecular weight excluding hydrogens is 345 g/mol. The van der Waals surface area contributed by atoms with Gasteiger partial charge in [-0.3, -0.25) is 4.79 Å². The van der Waals surface area contributed by atoms with Gasteiger partial charge >= 0.3 is 0 Å². The van der Waals surface area contributed by atoms with Crippen LogP contribution in [0.15, 0.2) is 42.5 Å². The van der Waals surface area contributed by atoms with E-state index in [0.717, 1.165) is 11.1 Å². The molecule has 130 valence electrons. The third-order valence-electron chi connectivity index (χ3n) is 3.78. The summed E-state index contributed by atoms with van der Waals surface area (Å²) in [5.74, 6) is 0.526. The van der Waals surface area contributed by atoms with Crippen LogP contribution in [0.3, 0.4) is 0 Å². The predicted molar refractivity (Wildman–Crippen MR) is 94.4 cm³/mol.